The van der Waals surface area contributed by atoms with Crippen molar-refractivity contribution in [3.63, 3.8) is 0 Å². The van der Waals surface area contributed by atoms with Gasteiger partial charge in [0.05, 0.1) is 0 Å². The molecule has 122 valence electrons. The van der Waals surface area contributed by atoms with Crippen LogP contribution in [0.5, 0.6) is 0 Å². The predicted molar refractivity (Wildman–Crippen MR) is 90.4 cm³/mol. The first kappa shape index (κ1) is 18.6. The normalized spacial score (nSPS) is 13.0. The van der Waals surface area contributed by atoms with Gasteiger partial charge in [-0.1, -0.05) is 26.8 Å². The molecule has 0 aliphatic carbocycles. The molecule has 1 amide bonds. The lowest BCUT2D eigenvalue weighted by Gasteiger charge is -2.39. The highest BCUT2D eigenvalue weighted by Gasteiger charge is 2.40. The van der Waals surface area contributed by atoms with Crippen molar-refractivity contribution in [2.45, 2.75) is 51.6 Å². The molecule has 1 atom stereocenters. The fourth-order valence-electron chi connectivity index (χ4n) is 2.46. The van der Waals surface area contributed by atoms with E-state index in [0.29, 0.717) is 5.56 Å². The van der Waals surface area contributed by atoms with Crippen molar-refractivity contribution in [2.75, 3.05) is 6.26 Å². The molecule has 0 saturated carbocycles. The standard InChI is InChI=1S/C17H25NO3S/c1-11(2)18(14(16(20)21)17(3,4)5)15(19)12-8-7-9-13(10-12)22-6/h7-11,14H,1-6H3,(H,20,21)/t14-/m0/s1. The molecule has 1 N–H and O–H groups in total. The van der Waals surface area contributed by atoms with Gasteiger partial charge >= 0.3 is 5.97 Å². The second-order valence-electron chi connectivity index (χ2n) is 6.64. The van der Waals surface area contributed by atoms with Crippen LogP contribution in [0.2, 0.25) is 0 Å². The summed E-state index contributed by atoms with van der Waals surface area (Å²) >= 11 is 1.55. The highest BCUT2D eigenvalue weighted by molar-refractivity contribution is 7.98. The van der Waals surface area contributed by atoms with E-state index in [9.17, 15) is 14.7 Å². The van der Waals surface area contributed by atoms with E-state index in [0.717, 1.165) is 4.90 Å². The van der Waals surface area contributed by atoms with Gasteiger partial charge in [0.25, 0.3) is 5.91 Å². The zero-order chi connectivity index (χ0) is 17.1. The van der Waals surface area contributed by atoms with Crippen molar-refractivity contribution in [1.29, 1.82) is 0 Å². The average Bonchev–Trinajstić information content (AvgIpc) is 2.41. The number of thioether (sulfide) groups is 1. The Balaban J connectivity index is 3.29. The molecule has 0 bridgehead atoms. The largest absolute Gasteiger partial charge is 0.480 e. The number of carbonyl (C=O) groups is 2. The van der Waals surface area contributed by atoms with Crippen molar-refractivity contribution >= 4 is 23.6 Å². The van der Waals surface area contributed by atoms with Gasteiger partial charge in [0.2, 0.25) is 0 Å². The first-order chi connectivity index (χ1) is 10.1. The lowest BCUT2D eigenvalue weighted by Crippen LogP contribution is -2.54. The molecular formula is C17H25NO3S. The van der Waals surface area contributed by atoms with Crippen molar-refractivity contribution in [3.05, 3.63) is 29.8 Å². The maximum Gasteiger partial charge on any atom is 0.326 e. The third-order valence-electron chi connectivity index (χ3n) is 3.44. The number of carboxylic acid groups (broad SMARTS) is 1. The molecular weight excluding hydrogens is 298 g/mol. The van der Waals surface area contributed by atoms with Gasteiger partial charge in [-0.15, -0.1) is 11.8 Å². The molecule has 1 aromatic rings. The average molecular weight is 323 g/mol. The van der Waals surface area contributed by atoms with E-state index in [1.165, 1.54) is 4.90 Å². The van der Waals surface area contributed by atoms with E-state index in [4.69, 9.17) is 0 Å². The summed E-state index contributed by atoms with van der Waals surface area (Å²) in [5.74, 6) is -1.22. The van der Waals surface area contributed by atoms with Crippen LogP contribution < -0.4 is 0 Å². The number of benzene rings is 1. The number of nitrogens with zero attached hydrogens (tertiary/aromatic N) is 1. The highest BCUT2D eigenvalue weighted by atomic mass is 32.2. The molecule has 5 heteroatoms. The minimum atomic E-state index is -0.976. The van der Waals surface area contributed by atoms with Gasteiger partial charge in [0.15, 0.2) is 0 Å². The fraction of sp³-hybridized carbons (Fsp3) is 0.529. The van der Waals surface area contributed by atoms with E-state index in [-0.39, 0.29) is 11.9 Å². The van der Waals surface area contributed by atoms with Crippen LogP contribution in [0.15, 0.2) is 29.2 Å². The van der Waals surface area contributed by atoms with Gasteiger partial charge < -0.3 is 10.0 Å². The lowest BCUT2D eigenvalue weighted by molar-refractivity contribution is -0.147. The number of rotatable bonds is 5. The van der Waals surface area contributed by atoms with Crippen LogP contribution in [0.1, 0.15) is 45.0 Å². The maximum atomic E-state index is 12.9. The minimum absolute atomic E-state index is 0.203. The highest BCUT2D eigenvalue weighted by Crippen LogP contribution is 2.28. The van der Waals surface area contributed by atoms with Crippen molar-refractivity contribution in [1.82, 2.24) is 4.90 Å². The van der Waals surface area contributed by atoms with E-state index >= 15 is 0 Å². The number of hydrogen-bond acceptors (Lipinski definition) is 3. The summed E-state index contributed by atoms with van der Waals surface area (Å²) in [5.41, 5.74) is -0.0286. The Morgan fingerprint density at radius 1 is 1.23 bits per heavy atom. The van der Waals surface area contributed by atoms with Crippen LogP contribution in [0.3, 0.4) is 0 Å². The van der Waals surface area contributed by atoms with Crippen LogP contribution in [0.25, 0.3) is 0 Å². The van der Waals surface area contributed by atoms with E-state index in [1.807, 2.05) is 59.1 Å². The van der Waals surface area contributed by atoms with Gasteiger partial charge in [-0.3, -0.25) is 4.79 Å². The number of carboxylic acids is 1. The molecule has 4 nitrogen and oxygen atoms in total. The molecule has 22 heavy (non-hydrogen) atoms. The van der Waals surface area contributed by atoms with Gasteiger partial charge in [-0.25, -0.2) is 4.79 Å². The Bertz CT molecular complexity index is 549. The summed E-state index contributed by atoms with van der Waals surface area (Å²) in [6, 6.07) is 6.22. The fourth-order valence-corrected chi connectivity index (χ4v) is 2.92. The van der Waals surface area contributed by atoms with Gasteiger partial charge in [0, 0.05) is 16.5 Å². The number of amides is 1. The molecule has 1 rings (SSSR count). The molecule has 0 saturated heterocycles. The minimum Gasteiger partial charge on any atom is -0.480 e. The topological polar surface area (TPSA) is 57.6 Å². The van der Waals surface area contributed by atoms with Crippen LogP contribution in [-0.2, 0) is 4.79 Å². The Morgan fingerprint density at radius 2 is 1.82 bits per heavy atom. The Morgan fingerprint density at radius 3 is 2.23 bits per heavy atom. The van der Waals surface area contributed by atoms with E-state index in [1.54, 1.807) is 17.8 Å². The monoisotopic (exact) mass is 323 g/mol. The number of hydrogen-bond donors (Lipinski definition) is 1. The summed E-state index contributed by atoms with van der Waals surface area (Å²) in [5, 5.41) is 9.63. The van der Waals surface area contributed by atoms with Gasteiger partial charge in [-0.2, -0.15) is 0 Å². The van der Waals surface area contributed by atoms with Crippen LogP contribution in [-0.4, -0.2) is 40.2 Å². The third-order valence-corrected chi connectivity index (χ3v) is 4.17. The van der Waals surface area contributed by atoms with Crippen molar-refractivity contribution < 1.29 is 14.7 Å². The molecule has 0 spiro atoms. The number of aliphatic carboxylic acids is 1. The molecule has 0 unspecified atom stereocenters. The molecule has 0 aliphatic rings. The second kappa shape index (κ2) is 7.18. The van der Waals surface area contributed by atoms with Gasteiger partial charge in [0.1, 0.15) is 6.04 Å². The molecule has 1 aromatic carbocycles. The van der Waals surface area contributed by atoms with E-state index in [2.05, 4.69) is 0 Å². The lowest BCUT2D eigenvalue weighted by atomic mass is 9.84. The zero-order valence-corrected chi connectivity index (χ0v) is 14.9. The molecule has 0 aromatic heterocycles. The summed E-state index contributed by atoms with van der Waals surface area (Å²) in [6.45, 7) is 9.21. The summed E-state index contributed by atoms with van der Waals surface area (Å²) < 4.78 is 0. The van der Waals surface area contributed by atoms with Crippen LogP contribution in [0.4, 0.5) is 0 Å². The molecule has 0 heterocycles. The Kier molecular flexibility index (Phi) is 6.06. The Hall–Kier alpha value is -1.49. The number of carbonyl (C=O) groups excluding carboxylic acids is 1. The van der Waals surface area contributed by atoms with E-state index < -0.39 is 17.4 Å². The van der Waals surface area contributed by atoms with Crippen LogP contribution in [0, 0.1) is 5.41 Å². The van der Waals surface area contributed by atoms with Crippen molar-refractivity contribution in [2.24, 2.45) is 5.41 Å². The first-order valence-corrected chi connectivity index (χ1v) is 8.51. The molecule has 0 radical (unpaired) electrons. The van der Waals surface area contributed by atoms with Gasteiger partial charge in [-0.05, 0) is 43.7 Å². The summed E-state index contributed by atoms with van der Waals surface area (Å²) in [7, 11) is 0. The predicted octanol–water partition coefficient (Wildman–Crippen LogP) is 3.76. The maximum absolute atomic E-state index is 12.9. The van der Waals surface area contributed by atoms with Crippen molar-refractivity contribution in [3.8, 4) is 0 Å². The summed E-state index contributed by atoms with van der Waals surface area (Å²) in [4.78, 5) is 27.1. The smallest absolute Gasteiger partial charge is 0.326 e. The molecule has 0 fully saturated rings. The quantitative estimate of drug-likeness (QED) is 0.838. The van der Waals surface area contributed by atoms with Crippen LogP contribution >= 0.6 is 11.8 Å². The Labute approximate surface area is 136 Å². The third kappa shape index (κ3) is 4.26. The molecule has 0 aliphatic heterocycles. The zero-order valence-electron chi connectivity index (χ0n) is 14.1. The SMILES string of the molecule is CSc1cccc(C(=O)N(C(C)C)[C@@H](C(=O)O)C(C)(C)C)c1. The first-order valence-electron chi connectivity index (χ1n) is 7.29. The second-order valence-corrected chi connectivity index (χ2v) is 7.52. The summed E-state index contributed by atoms with van der Waals surface area (Å²) in [6.07, 6.45) is 1.94.